The number of fused-ring (bicyclic) bond motifs is 7. The molecular formula is C39H24N2O2. The number of para-hydroxylation sites is 1. The lowest BCUT2D eigenvalue weighted by Gasteiger charge is -2.26. The molecule has 0 aliphatic heterocycles. The van der Waals surface area contributed by atoms with E-state index in [2.05, 4.69) is 114 Å². The Hall–Kier alpha value is -5.87. The zero-order valence-electron chi connectivity index (χ0n) is 23.1. The fourth-order valence-corrected chi connectivity index (χ4v) is 6.26. The number of anilines is 3. The van der Waals surface area contributed by atoms with Gasteiger partial charge in [0.25, 0.3) is 0 Å². The standard InChI is InChI=1S/C39H24N2O2/c1-2-9-25(10-3-1)26-17-19-29(20-18-26)41(34-14-8-16-36-38(34)31-13-6-7-15-35(31)42-36)30-23-33-32-21-27-11-4-5-12-28(27)22-37(32)43-39(33)40-24-30/h1-24H. The molecular weight excluding hydrogens is 528 g/mol. The molecule has 9 aromatic rings. The molecule has 0 saturated heterocycles. The largest absolute Gasteiger partial charge is 0.456 e. The van der Waals surface area contributed by atoms with E-state index in [0.717, 1.165) is 66.3 Å². The Balaban J connectivity index is 1.29. The molecule has 6 aromatic carbocycles. The van der Waals surface area contributed by atoms with Crippen LogP contribution in [-0.2, 0) is 0 Å². The minimum atomic E-state index is 0.625. The van der Waals surface area contributed by atoms with Crippen LogP contribution < -0.4 is 4.90 Å². The highest BCUT2D eigenvalue weighted by Gasteiger charge is 2.21. The van der Waals surface area contributed by atoms with Crippen molar-refractivity contribution >= 4 is 71.8 Å². The molecule has 0 N–H and O–H groups in total. The van der Waals surface area contributed by atoms with Gasteiger partial charge >= 0.3 is 0 Å². The molecule has 0 bridgehead atoms. The number of rotatable bonds is 4. The van der Waals surface area contributed by atoms with Gasteiger partial charge in [0.1, 0.15) is 16.7 Å². The number of hydrogen-bond acceptors (Lipinski definition) is 4. The Morgan fingerprint density at radius 2 is 1.19 bits per heavy atom. The maximum Gasteiger partial charge on any atom is 0.227 e. The van der Waals surface area contributed by atoms with E-state index in [0.29, 0.717) is 5.71 Å². The molecule has 4 nitrogen and oxygen atoms in total. The van der Waals surface area contributed by atoms with Crippen LogP contribution in [0, 0.1) is 0 Å². The molecule has 202 valence electrons. The van der Waals surface area contributed by atoms with Crippen molar-refractivity contribution in [3.63, 3.8) is 0 Å². The van der Waals surface area contributed by atoms with Crippen LogP contribution in [0.3, 0.4) is 0 Å². The smallest absolute Gasteiger partial charge is 0.227 e. The first kappa shape index (κ1) is 23.8. The van der Waals surface area contributed by atoms with Gasteiger partial charge in [0.05, 0.1) is 28.3 Å². The second-order valence-corrected chi connectivity index (χ2v) is 10.8. The van der Waals surface area contributed by atoms with E-state index in [9.17, 15) is 0 Å². The summed E-state index contributed by atoms with van der Waals surface area (Å²) in [4.78, 5) is 7.11. The van der Waals surface area contributed by atoms with Gasteiger partial charge in [0.2, 0.25) is 5.71 Å². The van der Waals surface area contributed by atoms with Crippen LogP contribution in [0.2, 0.25) is 0 Å². The minimum absolute atomic E-state index is 0.625. The van der Waals surface area contributed by atoms with E-state index in [1.807, 2.05) is 36.5 Å². The van der Waals surface area contributed by atoms with Crippen molar-refractivity contribution in [2.24, 2.45) is 0 Å². The summed E-state index contributed by atoms with van der Waals surface area (Å²) < 4.78 is 12.5. The summed E-state index contributed by atoms with van der Waals surface area (Å²) in [7, 11) is 0. The highest BCUT2D eigenvalue weighted by Crippen LogP contribution is 2.44. The number of pyridine rings is 1. The number of nitrogens with zero attached hydrogens (tertiary/aromatic N) is 2. The van der Waals surface area contributed by atoms with Gasteiger partial charge in [0, 0.05) is 16.5 Å². The molecule has 9 rings (SSSR count). The van der Waals surface area contributed by atoms with Crippen LogP contribution >= 0.6 is 0 Å². The van der Waals surface area contributed by atoms with Crippen molar-refractivity contribution in [2.75, 3.05) is 4.90 Å². The minimum Gasteiger partial charge on any atom is -0.456 e. The predicted molar refractivity (Wildman–Crippen MR) is 176 cm³/mol. The fourth-order valence-electron chi connectivity index (χ4n) is 6.26. The van der Waals surface area contributed by atoms with Crippen LogP contribution in [0.1, 0.15) is 0 Å². The van der Waals surface area contributed by atoms with Gasteiger partial charge in [-0.25, -0.2) is 4.98 Å². The normalized spacial score (nSPS) is 11.7. The lowest BCUT2D eigenvalue weighted by atomic mass is 10.0. The highest BCUT2D eigenvalue weighted by atomic mass is 16.3. The van der Waals surface area contributed by atoms with Gasteiger partial charge in [-0.15, -0.1) is 0 Å². The summed E-state index contributed by atoms with van der Waals surface area (Å²) in [6.45, 7) is 0. The van der Waals surface area contributed by atoms with Crippen molar-refractivity contribution in [1.29, 1.82) is 0 Å². The zero-order chi connectivity index (χ0) is 28.3. The second-order valence-electron chi connectivity index (χ2n) is 10.8. The first-order valence-electron chi connectivity index (χ1n) is 14.4. The zero-order valence-corrected chi connectivity index (χ0v) is 23.1. The molecule has 3 aromatic heterocycles. The van der Waals surface area contributed by atoms with Crippen LogP contribution in [-0.4, -0.2) is 4.98 Å². The average molecular weight is 553 g/mol. The Morgan fingerprint density at radius 1 is 0.465 bits per heavy atom. The number of furan rings is 2. The topological polar surface area (TPSA) is 42.4 Å². The Kier molecular flexibility index (Phi) is 5.16. The van der Waals surface area contributed by atoms with Gasteiger partial charge in [0.15, 0.2) is 0 Å². The summed E-state index contributed by atoms with van der Waals surface area (Å²) in [5.41, 5.74) is 8.51. The SMILES string of the molecule is c1ccc(-c2ccc(N(c3cnc4oc5cc6ccccc6cc5c4c3)c3cccc4oc5ccccc5c34)cc2)cc1. The van der Waals surface area contributed by atoms with Crippen LogP contribution in [0.15, 0.2) is 155 Å². The molecule has 0 aliphatic carbocycles. The van der Waals surface area contributed by atoms with E-state index < -0.39 is 0 Å². The van der Waals surface area contributed by atoms with Crippen molar-refractivity contribution in [2.45, 2.75) is 0 Å². The molecule has 0 fully saturated rings. The molecule has 0 unspecified atom stereocenters. The summed E-state index contributed by atoms with van der Waals surface area (Å²) in [5.74, 6) is 0. The summed E-state index contributed by atoms with van der Waals surface area (Å²) in [5, 5.41) is 6.49. The lowest BCUT2D eigenvalue weighted by molar-refractivity contribution is 0.654. The van der Waals surface area contributed by atoms with E-state index in [1.165, 1.54) is 10.9 Å². The van der Waals surface area contributed by atoms with Gasteiger partial charge in [-0.05, 0) is 70.4 Å². The van der Waals surface area contributed by atoms with Gasteiger partial charge in [-0.1, -0.05) is 91.0 Å². The molecule has 0 aliphatic rings. The number of aromatic nitrogens is 1. The fraction of sp³-hybridized carbons (Fsp3) is 0. The molecule has 0 saturated carbocycles. The molecule has 0 radical (unpaired) electrons. The Bertz CT molecular complexity index is 2450. The maximum absolute atomic E-state index is 6.29. The highest BCUT2D eigenvalue weighted by molar-refractivity contribution is 6.14. The van der Waals surface area contributed by atoms with E-state index in [4.69, 9.17) is 13.8 Å². The molecule has 43 heavy (non-hydrogen) atoms. The Morgan fingerprint density at radius 3 is 2.05 bits per heavy atom. The Labute approximate surface area is 247 Å². The first-order chi connectivity index (χ1) is 21.3. The van der Waals surface area contributed by atoms with E-state index in [1.54, 1.807) is 0 Å². The van der Waals surface area contributed by atoms with Crippen molar-refractivity contribution in [3.05, 3.63) is 146 Å². The third kappa shape index (κ3) is 3.81. The molecule has 3 heterocycles. The van der Waals surface area contributed by atoms with Gasteiger partial charge < -0.3 is 13.7 Å². The summed E-state index contributed by atoms with van der Waals surface area (Å²) >= 11 is 0. The summed E-state index contributed by atoms with van der Waals surface area (Å²) in [6.07, 6.45) is 1.90. The second kappa shape index (κ2) is 9.33. The molecule has 4 heteroatoms. The van der Waals surface area contributed by atoms with Gasteiger partial charge in [-0.3, -0.25) is 0 Å². The van der Waals surface area contributed by atoms with Gasteiger partial charge in [-0.2, -0.15) is 0 Å². The maximum atomic E-state index is 6.29. The van der Waals surface area contributed by atoms with E-state index >= 15 is 0 Å². The number of hydrogen-bond donors (Lipinski definition) is 0. The third-order valence-electron chi connectivity index (χ3n) is 8.29. The third-order valence-corrected chi connectivity index (χ3v) is 8.29. The summed E-state index contributed by atoms with van der Waals surface area (Å²) in [6, 6.07) is 48.5. The van der Waals surface area contributed by atoms with E-state index in [-0.39, 0.29) is 0 Å². The lowest BCUT2D eigenvalue weighted by Crippen LogP contribution is -2.10. The average Bonchev–Trinajstić information content (AvgIpc) is 3.62. The first-order valence-corrected chi connectivity index (χ1v) is 14.4. The van der Waals surface area contributed by atoms with Crippen molar-refractivity contribution < 1.29 is 8.83 Å². The number of benzene rings is 6. The van der Waals surface area contributed by atoms with Crippen LogP contribution in [0.25, 0.3) is 65.9 Å². The predicted octanol–water partition coefficient (Wildman–Crippen LogP) is 11.2. The molecule has 0 spiro atoms. The molecule has 0 atom stereocenters. The quantitative estimate of drug-likeness (QED) is 0.218. The van der Waals surface area contributed by atoms with Crippen molar-refractivity contribution in [1.82, 2.24) is 4.98 Å². The monoisotopic (exact) mass is 552 g/mol. The van der Waals surface area contributed by atoms with Crippen LogP contribution in [0.4, 0.5) is 17.1 Å². The van der Waals surface area contributed by atoms with Crippen molar-refractivity contribution in [3.8, 4) is 11.1 Å². The molecule has 0 amide bonds. The van der Waals surface area contributed by atoms with Crippen LogP contribution in [0.5, 0.6) is 0 Å².